The van der Waals surface area contributed by atoms with E-state index in [0.717, 1.165) is 12.8 Å². The molecule has 0 radical (unpaired) electrons. The highest BCUT2D eigenvalue weighted by molar-refractivity contribution is 5.74. The van der Waals surface area contributed by atoms with Crippen LogP contribution in [-0.4, -0.2) is 23.2 Å². The molecule has 1 fully saturated rings. The Bertz CT molecular complexity index is 446. The molecular formula is C14H17NO4. The summed E-state index contributed by atoms with van der Waals surface area (Å²) in [6.45, 7) is 0. The molecular weight excluding hydrogens is 246 g/mol. The molecule has 1 amide bonds. The van der Waals surface area contributed by atoms with Gasteiger partial charge in [-0.3, -0.25) is 4.79 Å². The van der Waals surface area contributed by atoms with Crippen molar-refractivity contribution in [2.45, 2.75) is 31.7 Å². The number of carboxylic acids is 1. The molecule has 19 heavy (non-hydrogen) atoms. The van der Waals surface area contributed by atoms with Gasteiger partial charge in [0.1, 0.15) is 5.75 Å². The summed E-state index contributed by atoms with van der Waals surface area (Å²) >= 11 is 0. The van der Waals surface area contributed by atoms with Gasteiger partial charge < -0.3 is 15.2 Å². The highest BCUT2D eigenvalue weighted by atomic mass is 16.6. The molecule has 0 bridgehead atoms. The number of hydrogen-bond donors (Lipinski definition) is 2. The molecule has 2 N–H and O–H groups in total. The van der Waals surface area contributed by atoms with Crippen molar-refractivity contribution in [3.05, 3.63) is 30.3 Å². The minimum Gasteiger partial charge on any atom is -0.481 e. The monoisotopic (exact) mass is 263 g/mol. The molecule has 2 unspecified atom stereocenters. The Morgan fingerprint density at radius 3 is 2.53 bits per heavy atom. The maximum atomic E-state index is 11.7. The van der Waals surface area contributed by atoms with Crippen LogP contribution in [0.2, 0.25) is 0 Å². The Hall–Kier alpha value is -2.04. The first-order valence-electron chi connectivity index (χ1n) is 6.43. The molecule has 1 aliphatic rings. The molecule has 1 aliphatic carbocycles. The second-order valence-corrected chi connectivity index (χ2v) is 4.68. The highest BCUT2D eigenvalue weighted by Crippen LogP contribution is 2.24. The molecule has 0 heterocycles. The van der Waals surface area contributed by atoms with Gasteiger partial charge in [-0.05, 0) is 25.0 Å². The fraction of sp³-hybridized carbons (Fsp3) is 0.429. The summed E-state index contributed by atoms with van der Waals surface area (Å²) in [6.07, 6.45) is 2.51. The van der Waals surface area contributed by atoms with E-state index in [2.05, 4.69) is 5.32 Å². The number of hydrogen-bond acceptors (Lipinski definition) is 3. The van der Waals surface area contributed by atoms with Gasteiger partial charge in [-0.2, -0.15) is 0 Å². The molecule has 102 valence electrons. The van der Waals surface area contributed by atoms with E-state index in [0.29, 0.717) is 18.6 Å². The number of para-hydroxylation sites is 1. The third-order valence-corrected chi connectivity index (χ3v) is 3.34. The first-order chi connectivity index (χ1) is 9.16. The van der Waals surface area contributed by atoms with Crippen molar-refractivity contribution >= 4 is 12.1 Å². The molecule has 2 atom stereocenters. The van der Waals surface area contributed by atoms with E-state index >= 15 is 0 Å². The molecule has 2 rings (SSSR count). The van der Waals surface area contributed by atoms with Crippen LogP contribution in [0.15, 0.2) is 30.3 Å². The van der Waals surface area contributed by atoms with Crippen molar-refractivity contribution in [1.82, 2.24) is 5.32 Å². The molecule has 0 spiro atoms. The van der Waals surface area contributed by atoms with Gasteiger partial charge in [0.15, 0.2) is 0 Å². The van der Waals surface area contributed by atoms with Crippen LogP contribution in [0.25, 0.3) is 0 Å². The molecule has 5 heteroatoms. The maximum absolute atomic E-state index is 11.7. The number of carbonyl (C=O) groups is 2. The smallest absolute Gasteiger partial charge is 0.412 e. The lowest BCUT2D eigenvalue weighted by Gasteiger charge is -2.28. The lowest BCUT2D eigenvalue weighted by molar-refractivity contribution is -0.143. The number of amides is 1. The normalized spacial score (nSPS) is 22.5. The van der Waals surface area contributed by atoms with Crippen molar-refractivity contribution in [3.8, 4) is 5.75 Å². The van der Waals surface area contributed by atoms with Gasteiger partial charge in [0.25, 0.3) is 0 Å². The van der Waals surface area contributed by atoms with Crippen molar-refractivity contribution in [1.29, 1.82) is 0 Å². The number of aliphatic carboxylic acids is 1. The minimum atomic E-state index is -0.857. The average molecular weight is 263 g/mol. The summed E-state index contributed by atoms with van der Waals surface area (Å²) in [6, 6.07) is 8.37. The summed E-state index contributed by atoms with van der Waals surface area (Å²) in [5.41, 5.74) is 0. The highest BCUT2D eigenvalue weighted by Gasteiger charge is 2.32. The van der Waals surface area contributed by atoms with E-state index in [4.69, 9.17) is 9.84 Å². The first kappa shape index (κ1) is 13.4. The quantitative estimate of drug-likeness (QED) is 0.878. The lowest BCUT2D eigenvalue weighted by Crippen LogP contribution is -2.46. The second-order valence-electron chi connectivity index (χ2n) is 4.68. The van der Waals surface area contributed by atoms with Crippen LogP contribution in [0, 0.1) is 5.92 Å². The standard InChI is InChI=1S/C14H17NO4/c16-13(17)11-8-4-5-9-12(11)15-14(18)19-10-6-2-1-3-7-10/h1-3,6-7,11-12H,4-5,8-9H2,(H,15,18)(H,16,17). The summed E-state index contributed by atoms with van der Waals surface area (Å²) in [5.74, 6) is -0.926. The van der Waals surface area contributed by atoms with Gasteiger partial charge in [-0.25, -0.2) is 4.79 Å². The van der Waals surface area contributed by atoms with Crippen LogP contribution >= 0.6 is 0 Å². The fourth-order valence-electron chi connectivity index (χ4n) is 2.38. The first-order valence-corrected chi connectivity index (χ1v) is 6.43. The molecule has 0 saturated heterocycles. The van der Waals surface area contributed by atoms with Gasteiger partial charge in [-0.1, -0.05) is 31.0 Å². The largest absolute Gasteiger partial charge is 0.481 e. The van der Waals surface area contributed by atoms with Gasteiger partial charge in [0, 0.05) is 6.04 Å². The van der Waals surface area contributed by atoms with E-state index in [1.807, 2.05) is 6.07 Å². The predicted molar refractivity (Wildman–Crippen MR) is 69.0 cm³/mol. The van der Waals surface area contributed by atoms with Crippen molar-refractivity contribution in [3.63, 3.8) is 0 Å². The van der Waals surface area contributed by atoms with Crippen LogP contribution < -0.4 is 10.1 Å². The number of ether oxygens (including phenoxy) is 1. The van der Waals surface area contributed by atoms with Crippen molar-refractivity contribution in [2.75, 3.05) is 0 Å². The van der Waals surface area contributed by atoms with Gasteiger partial charge in [-0.15, -0.1) is 0 Å². The summed E-state index contributed by atoms with van der Waals surface area (Å²) < 4.78 is 5.10. The van der Waals surface area contributed by atoms with Crippen LogP contribution in [0.1, 0.15) is 25.7 Å². The Morgan fingerprint density at radius 2 is 1.84 bits per heavy atom. The zero-order valence-electron chi connectivity index (χ0n) is 10.5. The molecule has 0 aromatic heterocycles. The summed E-state index contributed by atoms with van der Waals surface area (Å²) in [4.78, 5) is 22.8. The van der Waals surface area contributed by atoms with E-state index in [9.17, 15) is 9.59 Å². The zero-order chi connectivity index (χ0) is 13.7. The van der Waals surface area contributed by atoms with Crippen LogP contribution in [0.3, 0.4) is 0 Å². The Kier molecular flexibility index (Phi) is 4.39. The van der Waals surface area contributed by atoms with E-state index in [1.54, 1.807) is 24.3 Å². The van der Waals surface area contributed by atoms with Gasteiger partial charge >= 0.3 is 12.1 Å². The molecule has 1 aromatic rings. The third-order valence-electron chi connectivity index (χ3n) is 3.34. The number of nitrogens with one attached hydrogen (secondary N) is 1. The van der Waals surface area contributed by atoms with E-state index < -0.39 is 18.0 Å². The number of benzene rings is 1. The van der Waals surface area contributed by atoms with Crippen molar-refractivity contribution < 1.29 is 19.4 Å². The van der Waals surface area contributed by atoms with E-state index in [1.165, 1.54) is 0 Å². The fourth-order valence-corrected chi connectivity index (χ4v) is 2.38. The summed E-state index contributed by atoms with van der Waals surface area (Å²) in [5, 5.41) is 11.8. The van der Waals surface area contributed by atoms with Gasteiger partial charge in [0.2, 0.25) is 0 Å². The SMILES string of the molecule is O=C(NC1CCCCC1C(=O)O)Oc1ccccc1. The summed E-state index contributed by atoms with van der Waals surface area (Å²) in [7, 11) is 0. The molecule has 0 aliphatic heterocycles. The van der Waals surface area contributed by atoms with E-state index in [-0.39, 0.29) is 6.04 Å². The lowest BCUT2D eigenvalue weighted by atomic mass is 9.85. The number of carbonyl (C=O) groups excluding carboxylic acids is 1. The van der Waals surface area contributed by atoms with Crippen LogP contribution in [0.5, 0.6) is 5.75 Å². The molecule has 5 nitrogen and oxygen atoms in total. The Balaban J connectivity index is 1.92. The average Bonchev–Trinajstić information content (AvgIpc) is 2.40. The Labute approximate surface area is 111 Å². The van der Waals surface area contributed by atoms with Gasteiger partial charge in [0.05, 0.1) is 5.92 Å². The molecule has 1 saturated carbocycles. The van der Waals surface area contributed by atoms with Crippen molar-refractivity contribution in [2.24, 2.45) is 5.92 Å². The van der Waals surface area contributed by atoms with Crippen LogP contribution in [-0.2, 0) is 4.79 Å². The minimum absolute atomic E-state index is 0.345. The predicted octanol–water partition coefficient (Wildman–Crippen LogP) is 2.42. The zero-order valence-corrected chi connectivity index (χ0v) is 10.5. The number of carboxylic acid groups (broad SMARTS) is 1. The number of rotatable bonds is 3. The Morgan fingerprint density at radius 1 is 1.16 bits per heavy atom. The molecule has 1 aromatic carbocycles. The second kappa shape index (κ2) is 6.22. The topological polar surface area (TPSA) is 75.6 Å². The van der Waals surface area contributed by atoms with Crippen LogP contribution in [0.4, 0.5) is 4.79 Å². The maximum Gasteiger partial charge on any atom is 0.412 e. The third kappa shape index (κ3) is 3.71.